The smallest absolute Gasteiger partial charge is 0.337 e. The van der Waals surface area contributed by atoms with Crippen LogP contribution in [-0.4, -0.2) is 23.2 Å². The zero-order chi connectivity index (χ0) is 14.5. The van der Waals surface area contributed by atoms with E-state index in [4.69, 9.17) is 15.6 Å². The first kappa shape index (κ1) is 13.7. The van der Waals surface area contributed by atoms with E-state index in [1.807, 2.05) is 24.3 Å². The van der Waals surface area contributed by atoms with Crippen LogP contribution in [0, 0.1) is 0 Å². The van der Waals surface area contributed by atoms with Crippen LogP contribution in [0.4, 0.5) is 11.5 Å². The number of methoxy groups -OCH3 is 1. The number of pyridine rings is 1. The minimum Gasteiger partial charge on any atom is -0.497 e. The molecule has 0 atom stereocenters. The summed E-state index contributed by atoms with van der Waals surface area (Å²) in [6.45, 7) is 0.490. The number of ether oxygens (including phenoxy) is 1. The lowest BCUT2D eigenvalue weighted by atomic mass is 10.2. The second-order valence-corrected chi connectivity index (χ2v) is 4.13. The van der Waals surface area contributed by atoms with Gasteiger partial charge in [-0.1, -0.05) is 12.1 Å². The van der Waals surface area contributed by atoms with Crippen LogP contribution in [-0.2, 0) is 6.54 Å². The number of aromatic carboxylic acids is 1. The molecule has 0 aliphatic rings. The standard InChI is InChI=1S/C14H15N3O3/c1-20-10-4-2-9(3-5-10)8-17-13-12(15)11(14(18)19)6-7-16-13/h2-7H,8,15H2,1H3,(H,16,17)(H,18,19). The summed E-state index contributed by atoms with van der Waals surface area (Å²) in [7, 11) is 1.61. The number of hydrogen-bond acceptors (Lipinski definition) is 5. The Bertz CT molecular complexity index is 612. The lowest BCUT2D eigenvalue weighted by molar-refractivity contribution is 0.0698. The van der Waals surface area contributed by atoms with E-state index < -0.39 is 5.97 Å². The number of anilines is 2. The number of carboxylic acid groups (broad SMARTS) is 1. The lowest BCUT2D eigenvalue weighted by Gasteiger charge is -2.10. The molecule has 0 radical (unpaired) electrons. The van der Waals surface area contributed by atoms with Crippen LogP contribution in [0.15, 0.2) is 36.5 Å². The zero-order valence-corrected chi connectivity index (χ0v) is 11.0. The van der Waals surface area contributed by atoms with Crippen LogP contribution >= 0.6 is 0 Å². The van der Waals surface area contributed by atoms with Gasteiger partial charge in [0.2, 0.25) is 0 Å². The normalized spacial score (nSPS) is 10.1. The van der Waals surface area contributed by atoms with Crippen molar-refractivity contribution >= 4 is 17.5 Å². The summed E-state index contributed by atoms with van der Waals surface area (Å²) in [4.78, 5) is 15.0. The van der Waals surface area contributed by atoms with Crippen molar-refractivity contribution in [3.63, 3.8) is 0 Å². The Labute approximate surface area is 116 Å². The first-order valence-electron chi connectivity index (χ1n) is 5.96. The predicted octanol–water partition coefficient (Wildman–Crippen LogP) is 1.98. The summed E-state index contributed by atoms with van der Waals surface area (Å²) < 4.78 is 5.08. The number of benzene rings is 1. The maximum absolute atomic E-state index is 11.0. The van der Waals surface area contributed by atoms with E-state index >= 15 is 0 Å². The minimum absolute atomic E-state index is 0.0391. The molecule has 1 aromatic heterocycles. The molecule has 0 fully saturated rings. The van der Waals surface area contributed by atoms with E-state index in [1.54, 1.807) is 7.11 Å². The number of nitrogen functional groups attached to an aromatic ring is 1. The molecular formula is C14H15N3O3. The van der Waals surface area contributed by atoms with Gasteiger partial charge < -0.3 is 20.9 Å². The van der Waals surface area contributed by atoms with Crippen molar-refractivity contribution in [2.75, 3.05) is 18.2 Å². The maximum atomic E-state index is 11.0. The molecule has 104 valence electrons. The van der Waals surface area contributed by atoms with Crippen molar-refractivity contribution in [1.29, 1.82) is 0 Å². The highest BCUT2D eigenvalue weighted by Gasteiger charge is 2.11. The van der Waals surface area contributed by atoms with Gasteiger partial charge in [0.15, 0.2) is 0 Å². The highest BCUT2D eigenvalue weighted by molar-refractivity contribution is 5.96. The van der Waals surface area contributed by atoms with E-state index in [0.29, 0.717) is 12.4 Å². The fourth-order valence-corrected chi connectivity index (χ4v) is 1.73. The SMILES string of the molecule is COc1ccc(CNc2nccc(C(=O)O)c2N)cc1. The van der Waals surface area contributed by atoms with Crippen molar-refractivity contribution in [3.05, 3.63) is 47.7 Å². The average molecular weight is 273 g/mol. The van der Waals surface area contributed by atoms with E-state index in [9.17, 15) is 4.79 Å². The number of hydrogen-bond donors (Lipinski definition) is 3. The second kappa shape index (κ2) is 5.92. The monoisotopic (exact) mass is 273 g/mol. The molecular weight excluding hydrogens is 258 g/mol. The summed E-state index contributed by atoms with van der Waals surface area (Å²) in [6.07, 6.45) is 1.41. The molecule has 0 amide bonds. The van der Waals surface area contributed by atoms with Crippen LogP contribution < -0.4 is 15.8 Å². The van der Waals surface area contributed by atoms with Gasteiger partial charge in [-0.05, 0) is 23.8 Å². The van der Waals surface area contributed by atoms with Gasteiger partial charge in [0.1, 0.15) is 11.6 Å². The summed E-state index contributed by atoms with van der Waals surface area (Å²) in [5.74, 6) is 0.0670. The molecule has 4 N–H and O–H groups in total. The Hall–Kier alpha value is -2.76. The average Bonchev–Trinajstić information content (AvgIpc) is 2.46. The molecule has 0 saturated carbocycles. The third kappa shape index (κ3) is 2.97. The van der Waals surface area contributed by atoms with E-state index in [-0.39, 0.29) is 11.3 Å². The number of rotatable bonds is 5. The Balaban J connectivity index is 2.10. The van der Waals surface area contributed by atoms with Gasteiger partial charge in [-0.2, -0.15) is 0 Å². The van der Waals surface area contributed by atoms with Crippen molar-refractivity contribution in [2.24, 2.45) is 0 Å². The Kier molecular flexibility index (Phi) is 4.05. The molecule has 0 bridgehead atoms. The fraction of sp³-hybridized carbons (Fsp3) is 0.143. The number of aromatic nitrogens is 1. The van der Waals surface area contributed by atoms with Crippen molar-refractivity contribution in [2.45, 2.75) is 6.54 Å². The molecule has 1 aromatic carbocycles. The van der Waals surface area contributed by atoms with Gasteiger partial charge in [0.25, 0.3) is 0 Å². The van der Waals surface area contributed by atoms with Gasteiger partial charge in [-0.3, -0.25) is 0 Å². The van der Waals surface area contributed by atoms with Gasteiger partial charge in [-0.25, -0.2) is 9.78 Å². The molecule has 0 spiro atoms. The van der Waals surface area contributed by atoms with E-state index in [2.05, 4.69) is 10.3 Å². The highest BCUT2D eigenvalue weighted by atomic mass is 16.5. The predicted molar refractivity (Wildman–Crippen MR) is 75.9 cm³/mol. The van der Waals surface area contributed by atoms with Crippen LogP contribution in [0.5, 0.6) is 5.75 Å². The minimum atomic E-state index is -1.07. The quantitative estimate of drug-likeness (QED) is 0.770. The third-order valence-corrected chi connectivity index (χ3v) is 2.84. The van der Waals surface area contributed by atoms with Crippen LogP contribution in [0.2, 0.25) is 0 Å². The molecule has 6 nitrogen and oxygen atoms in total. The molecule has 1 heterocycles. The first-order valence-corrected chi connectivity index (χ1v) is 5.96. The first-order chi connectivity index (χ1) is 9.61. The van der Waals surface area contributed by atoms with E-state index in [0.717, 1.165) is 11.3 Å². The Morgan fingerprint density at radius 2 is 2.05 bits per heavy atom. The van der Waals surface area contributed by atoms with Crippen molar-refractivity contribution < 1.29 is 14.6 Å². The molecule has 20 heavy (non-hydrogen) atoms. The summed E-state index contributed by atoms with van der Waals surface area (Å²) in [5, 5.41) is 12.0. The molecule has 2 rings (SSSR count). The summed E-state index contributed by atoms with van der Waals surface area (Å²) >= 11 is 0. The van der Waals surface area contributed by atoms with Crippen LogP contribution in [0.3, 0.4) is 0 Å². The molecule has 0 aliphatic heterocycles. The fourth-order valence-electron chi connectivity index (χ4n) is 1.73. The molecule has 0 aliphatic carbocycles. The third-order valence-electron chi connectivity index (χ3n) is 2.84. The van der Waals surface area contributed by atoms with E-state index in [1.165, 1.54) is 12.3 Å². The van der Waals surface area contributed by atoms with Gasteiger partial charge in [0.05, 0.1) is 18.4 Å². The lowest BCUT2D eigenvalue weighted by Crippen LogP contribution is -2.09. The number of nitrogens with one attached hydrogen (secondary N) is 1. The largest absolute Gasteiger partial charge is 0.497 e. The molecule has 2 aromatic rings. The van der Waals surface area contributed by atoms with Crippen LogP contribution in [0.1, 0.15) is 15.9 Å². The highest BCUT2D eigenvalue weighted by Crippen LogP contribution is 2.21. The van der Waals surface area contributed by atoms with Gasteiger partial charge in [0, 0.05) is 12.7 Å². The molecule has 0 saturated heterocycles. The molecule has 0 unspecified atom stereocenters. The zero-order valence-electron chi connectivity index (χ0n) is 11.0. The van der Waals surface area contributed by atoms with Gasteiger partial charge in [-0.15, -0.1) is 0 Å². The Morgan fingerprint density at radius 1 is 1.35 bits per heavy atom. The van der Waals surface area contributed by atoms with Crippen molar-refractivity contribution in [1.82, 2.24) is 4.98 Å². The number of nitrogens with zero attached hydrogens (tertiary/aromatic N) is 1. The number of nitrogens with two attached hydrogens (primary N) is 1. The number of carboxylic acids is 1. The van der Waals surface area contributed by atoms with Crippen LogP contribution in [0.25, 0.3) is 0 Å². The van der Waals surface area contributed by atoms with Gasteiger partial charge >= 0.3 is 5.97 Å². The van der Waals surface area contributed by atoms with Crippen molar-refractivity contribution in [3.8, 4) is 5.75 Å². The summed E-state index contributed by atoms with van der Waals surface area (Å²) in [5.41, 5.74) is 6.95. The summed E-state index contributed by atoms with van der Waals surface area (Å²) in [6, 6.07) is 8.88. The molecule has 6 heteroatoms. The number of carbonyl (C=O) groups is 1. The maximum Gasteiger partial charge on any atom is 0.337 e. The second-order valence-electron chi connectivity index (χ2n) is 4.13. The Morgan fingerprint density at radius 3 is 2.65 bits per heavy atom. The topological polar surface area (TPSA) is 97.5 Å².